The lowest BCUT2D eigenvalue weighted by molar-refractivity contribution is -0.135. The van der Waals surface area contributed by atoms with Gasteiger partial charge in [-0.15, -0.1) is 0 Å². The Kier molecular flexibility index (Phi) is 6.89. The van der Waals surface area contributed by atoms with Crippen molar-refractivity contribution in [2.24, 2.45) is 5.92 Å². The summed E-state index contributed by atoms with van der Waals surface area (Å²) in [5.41, 5.74) is 2.27. The minimum Gasteiger partial charge on any atom is -0.354 e. The Labute approximate surface area is 163 Å². The Morgan fingerprint density at radius 2 is 1.85 bits per heavy atom. The predicted octanol–water partition coefficient (Wildman–Crippen LogP) is 2.72. The number of carbonyl (C=O) groups is 2. The van der Waals surface area contributed by atoms with Crippen molar-refractivity contribution >= 4 is 11.8 Å². The summed E-state index contributed by atoms with van der Waals surface area (Å²) >= 11 is 0. The molecule has 2 saturated heterocycles. The first kappa shape index (κ1) is 19.9. The smallest absolute Gasteiger partial charge is 0.242 e. The van der Waals surface area contributed by atoms with Crippen LogP contribution in [0.3, 0.4) is 0 Å². The highest BCUT2D eigenvalue weighted by Gasteiger charge is 2.35. The molecule has 0 spiro atoms. The largest absolute Gasteiger partial charge is 0.354 e. The van der Waals surface area contributed by atoms with Gasteiger partial charge in [0.05, 0.1) is 0 Å². The number of rotatable bonds is 7. The average molecular weight is 372 g/mol. The molecule has 1 aromatic carbocycles. The number of carbonyl (C=O) groups excluding carboxylic acids is 2. The summed E-state index contributed by atoms with van der Waals surface area (Å²) in [6, 6.07) is 7.85. The Hall–Kier alpha value is -1.88. The SMILES string of the molecule is Cc1ccc(CN2C(=O)CCC2C(=O)NCCCN2CCC(C)CC2)cc1. The zero-order valence-corrected chi connectivity index (χ0v) is 16.7. The van der Waals surface area contributed by atoms with Gasteiger partial charge >= 0.3 is 0 Å². The van der Waals surface area contributed by atoms with E-state index in [0.29, 0.717) is 25.9 Å². The molecule has 5 heteroatoms. The summed E-state index contributed by atoms with van der Waals surface area (Å²) in [7, 11) is 0. The number of nitrogens with one attached hydrogen (secondary N) is 1. The molecule has 2 aliphatic rings. The van der Waals surface area contributed by atoms with Crippen LogP contribution in [0.15, 0.2) is 24.3 Å². The molecule has 27 heavy (non-hydrogen) atoms. The minimum atomic E-state index is -0.324. The molecular weight excluding hydrogens is 338 g/mol. The van der Waals surface area contributed by atoms with E-state index in [0.717, 1.165) is 24.4 Å². The van der Waals surface area contributed by atoms with Gasteiger partial charge in [0, 0.05) is 19.5 Å². The first-order valence-corrected chi connectivity index (χ1v) is 10.4. The van der Waals surface area contributed by atoms with Crippen LogP contribution in [0.1, 0.15) is 50.2 Å². The van der Waals surface area contributed by atoms with Crippen molar-refractivity contribution in [2.45, 2.75) is 58.5 Å². The number of hydrogen-bond donors (Lipinski definition) is 1. The van der Waals surface area contributed by atoms with E-state index in [2.05, 4.69) is 17.1 Å². The van der Waals surface area contributed by atoms with Crippen molar-refractivity contribution in [3.8, 4) is 0 Å². The number of amides is 2. The van der Waals surface area contributed by atoms with Crippen molar-refractivity contribution in [1.82, 2.24) is 15.1 Å². The fourth-order valence-electron chi connectivity index (χ4n) is 4.01. The van der Waals surface area contributed by atoms with E-state index >= 15 is 0 Å². The molecule has 0 bridgehead atoms. The summed E-state index contributed by atoms with van der Waals surface area (Å²) in [5.74, 6) is 0.929. The van der Waals surface area contributed by atoms with E-state index in [4.69, 9.17) is 0 Å². The molecule has 2 fully saturated rings. The molecular formula is C22H33N3O2. The van der Waals surface area contributed by atoms with Crippen LogP contribution in [0, 0.1) is 12.8 Å². The normalized spacial score (nSPS) is 21.6. The molecule has 0 saturated carbocycles. The Morgan fingerprint density at radius 1 is 1.15 bits per heavy atom. The maximum atomic E-state index is 12.6. The summed E-state index contributed by atoms with van der Waals surface area (Å²) in [6.45, 7) is 8.97. The standard InChI is InChI=1S/C22H33N3O2/c1-17-4-6-19(7-5-17)16-25-20(8-9-21(25)26)22(27)23-12-3-13-24-14-10-18(2)11-15-24/h4-7,18,20H,3,8-16H2,1-2H3,(H,23,27). The van der Waals surface area contributed by atoms with E-state index in [1.807, 2.05) is 31.2 Å². The molecule has 1 aromatic rings. The maximum absolute atomic E-state index is 12.6. The van der Waals surface area contributed by atoms with Crippen LogP contribution in [0.4, 0.5) is 0 Å². The molecule has 3 rings (SSSR count). The third-order valence-electron chi connectivity index (χ3n) is 5.93. The lowest BCUT2D eigenvalue weighted by Gasteiger charge is -2.30. The zero-order chi connectivity index (χ0) is 19.2. The van der Waals surface area contributed by atoms with Crippen LogP contribution in [0.5, 0.6) is 0 Å². The Morgan fingerprint density at radius 3 is 2.56 bits per heavy atom. The van der Waals surface area contributed by atoms with Crippen LogP contribution in [0.25, 0.3) is 0 Å². The number of nitrogens with zero attached hydrogens (tertiary/aromatic N) is 2. The Bertz CT molecular complexity index is 635. The molecule has 5 nitrogen and oxygen atoms in total. The van der Waals surface area contributed by atoms with Gasteiger partial charge in [0.2, 0.25) is 11.8 Å². The fraction of sp³-hybridized carbons (Fsp3) is 0.636. The van der Waals surface area contributed by atoms with Crippen molar-refractivity contribution < 1.29 is 9.59 Å². The highest BCUT2D eigenvalue weighted by Crippen LogP contribution is 2.22. The third kappa shape index (κ3) is 5.55. The van der Waals surface area contributed by atoms with Crippen molar-refractivity contribution in [2.75, 3.05) is 26.2 Å². The quantitative estimate of drug-likeness (QED) is 0.750. The predicted molar refractivity (Wildman–Crippen MR) is 107 cm³/mol. The second-order valence-electron chi connectivity index (χ2n) is 8.23. The average Bonchev–Trinajstić information content (AvgIpc) is 3.02. The van der Waals surface area contributed by atoms with E-state index in [9.17, 15) is 9.59 Å². The highest BCUT2D eigenvalue weighted by atomic mass is 16.2. The number of benzene rings is 1. The molecule has 2 amide bonds. The van der Waals surface area contributed by atoms with E-state index in [-0.39, 0.29) is 17.9 Å². The van der Waals surface area contributed by atoms with Gasteiger partial charge in [0.25, 0.3) is 0 Å². The van der Waals surface area contributed by atoms with Crippen LogP contribution < -0.4 is 5.32 Å². The van der Waals surface area contributed by atoms with Crippen LogP contribution in [0.2, 0.25) is 0 Å². The van der Waals surface area contributed by atoms with Gasteiger partial charge in [0.1, 0.15) is 6.04 Å². The molecule has 1 unspecified atom stereocenters. The molecule has 2 aliphatic heterocycles. The number of piperidine rings is 1. The topological polar surface area (TPSA) is 52.7 Å². The van der Waals surface area contributed by atoms with Gasteiger partial charge in [-0.2, -0.15) is 0 Å². The number of likely N-dealkylation sites (tertiary alicyclic amines) is 2. The molecule has 2 heterocycles. The lowest BCUT2D eigenvalue weighted by atomic mass is 9.99. The van der Waals surface area contributed by atoms with Crippen molar-refractivity contribution in [1.29, 1.82) is 0 Å². The van der Waals surface area contributed by atoms with Gasteiger partial charge in [-0.05, 0) is 63.7 Å². The zero-order valence-electron chi connectivity index (χ0n) is 16.7. The van der Waals surface area contributed by atoms with Gasteiger partial charge in [-0.3, -0.25) is 9.59 Å². The highest BCUT2D eigenvalue weighted by molar-refractivity contribution is 5.90. The van der Waals surface area contributed by atoms with Gasteiger partial charge < -0.3 is 15.1 Å². The lowest BCUT2D eigenvalue weighted by Crippen LogP contribution is -2.45. The first-order valence-electron chi connectivity index (χ1n) is 10.4. The number of aryl methyl sites for hydroxylation is 1. The summed E-state index contributed by atoms with van der Waals surface area (Å²) in [5, 5.41) is 3.06. The second-order valence-corrected chi connectivity index (χ2v) is 8.23. The van der Waals surface area contributed by atoms with Gasteiger partial charge in [0.15, 0.2) is 0 Å². The van der Waals surface area contributed by atoms with Gasteiger partial charge in [-0.25, -0.2) is 0 Å². The van der Waals surface area contributed by atoms with E-state index < -0.39 is 0 Å². The van der Waals surface area contributed by atoms with Crippen LogP contribution >= 0.6 is 0 Å². The van der Waals surface area contributed by atoms with E-state index in [1.54, 1.807) is 4.90 Å². The first-order chi connectivity index (χ1) is 13.0. The molecule has 1 N–H and O–H groups in total. The summed E-state index contributed by atoms with van der Waals surface area (Å²) < 4.78 is 0. The van der Waals surface area contributed by atoms with Crippen LogP contribution in [-0.4, -0.2) is 53.8 Å². The maximum Gasteiger partial charge on any atom is 0.242 e. The third-order valence-corrected chi connectivity index (χ3v) is 5.93. The van der Waals surface area contributed by atoms with Crippen molar-refractivity contribution in [3.63, 3.8) is 0 Å². The molecule has 148 valence electrons. The summed E-state index contributed by atoms with van der Waals surface area (Å²) in [6.07, 6.45) is 4.63. The van der Waals surface area contributed by atoms with Crippen LogP contribution in [-0.2, 0) is 16.1 Å². The fourth-order valence-corrected chi connectivity index (χ4v) is 4.01. The Balaban J connectivity index is 1.43. The second kappa shape index (κ2) is 9.36. The summed E-state index contributed by atoms with van der Waals surface area (Å²) in [4.78, 5) is 29.1. The van der Waals surface area contributed by atoms with Gasteiger partial charge in [-0.1, -0.05) is 36.8 Å². The molecule has 1 atom stereocenters. The molecule has 0 aromatic heterocycles. The minimum absolute atomic E-state index is 0.000211. The monoisotopic (exact) mass is 371 g/mol. The number of hydrogen-bond acceptors (Lipinski definition) is 3. The van der Waals surface area contributed by atoms with E-state index in [1.165, 1.54) is 31.5 Å². The van der Waals surface area contributed by atoms with Crippen molar-refractivity contribution in [3.05, 3.63) is 35.4 Å². The molecule has 0 aliphatic carbocycles. The molecule has 0 radical (unpaired) electrons.